The number of amides is 1. The molecule has 1 amide bonds. The Labute approximate surface area is 164 Å². The highest BCUT2D eigenvalue weighted by molar-refractivity contribution is 6.30. The van der Waals surface area contributed by atoms with E-state index < -0.39 is 0 Å². The standard InChI is InChI=1S/C20H21ClN2O2.ClH/c21-15-8-6-14(7-9-15)19-13-23(11-12-25-19)20(24)17-3-1-5-18-16(17)4-2-10-22-18;/h1,3,5-9,19,22H,2,4,10-13H2;1H. The molecule has 2 aliphatic heterocycles. The van der Waals surface area contributed by atoms with Gasteiger partial charge in [0.05, 0.1) is 13.2 Å². The van der Waals surface area contributed by atoms with Crippen molar-refractivity contribution in [2.24, 2.45) is 0 Å². The molecule has 2 aliphatic rings. The van der Waals surface area contributed by atoms with Crippen LogP contribution < -0.4 is 5.32 Å². The first-order valence-electron chi connectivity index (χ1n) is 8.74. The van der Waals surface area contributed by atoms with Crippen molar-refractivity contribution in [3.8, 4) is 0 Å². The minimum atomic E-state index is -0.104. The molecule has 1 saturated heterocycles. The van der Waals surface area contributed by atoms with Gasteiger partial charge in [-0.1, -0.05) is 29.8 Å². The van der Waals surface area contributed by atoms with E-state index in [0.29, 0.717) is 24.7 Å². The summed E-state index contributed by atoms with van der Waals surface area (Å²) in [5, 5.41) is 4.10. The summed E-state index contributed by atoms with van der Waals surface area (Å²) < 4.78 is 5.88. The molecule has 0 spiro atoms. The van der Waals surface area contributed by atoms with Crippen LogP contribution in [-0.2, 0) is 11.2 Å². The predicted octanol–water partition coefficient (Wildman–Crippen LogP) is 4.33. The number of halogens is 2. The monoisotopic (exact) mass is 392 g/mol. The maximum absolute atomic E-state index is 13.1. The molecule has 0 radical (unpaired) electrons. The van der Waals surface area contributed by atoms with Gasteiger partial charge in [0.1, 0.15) is 6.10 Å². The molecule has 1 atom stereocenters. The minimum Gasteiger partial charge on any atom is -0.385 e. The van der Waals surface area contributed by atoms with Gasteiger partial charge >= 0.3 is 0 Å². The van der Waals surface area contributed by atoms with Crippen LogP contribution in [-0.4, -0.2) is 37.0 Å². The molecular formula is C20H22Cl2N2O2. The molecule has 1 N–H and O–H groups in total. The van der Waals surface area contributed by atoms with E-state index in [0.717, 1.165) is 41.8 Å². The highest BCUT2D eigenvalue weighted by Crippen LogP contribution is 2.29. The van der Waals surface area contributed by atoms with E-state index >= 15 is 0 Å². The largest absolute Gasteiger partial charge is 0.385 e. The van der Waals surface area contributed by atoms with Crippen LogP contribution in [0.15, 0.2) is 42.5 Å². The summed E-state index contributed by atoms with van der Waals surface area (Å²) in [5.41, 5.74) is 4.12. The van der Waals surface area contributed by atoms with Crippen molar-refractivity contribution >= 4 is 35.6 Å². The second-order valence-electron chi connectivity index (χ2n) is 6.52. The summed E-state index contributed by atoms with van der Waals surface area (Å²) in [7, 11) is 0. The molecule has 4 nitrogen and oxygen atoms in total. The number of morpholine rings is 1. The van der Waals surface area contributed by atoms with E-state index in [1.807, 2.05) is 41.3 Å². The third-order valence-electron chi connectivity index (χ3n) is 4.92. The number of nitrogens with one attached hydrogen (secondary N) is 1. The SMILES string of the molecule is Cl.O=C(c1cccc2c1CCCN2)N1CCOC(c2ccc(Cl)cc2)C1. The molecule has 1 fully saturated rings. The Bertz CT molecular complexity index is 780. The third kappa shape index (κ3) is 3.83. The summed E-state index contributed by atoms with van der Waals surface area (Å²) in [4.78, 5) is 15.0. The predicted molar refractivity (Wildman–Crippen MR) is 107 cm³/mol. The Morgan fingerprint density at radius 2 is 2.00 bits per heavy atom. The maximum atomic E-state index is 13.1. The normalized spacial score (nSPS) is 19.1. The Balaban J connectivity index is 0.00000196. The second kappa shape index (κ2) is 8.30. The number of rotatable bonds is 2. The van der Waals surface area contributed by atoms with E-state index in [1.165, 1.54) is 0 Å². The van der Waals surface area contributed by atoms with Crippen molar-refractivity contribution in [2.45, 2.75) is 18.9 Å². The van der Waals surface area contributed by atoms with Gasteiger partial charge in [-0.15, -0.1) is 12.4 Å². The number of carbonyl (C=O) groups excluding carboxylic acids is 1. The van der Waals surface area contributed by atoms with Gasteiger partial charge in [-0.3, -0.25) is 4.79 Å². The van der Waals surface area contributed by atoms with Gasteiger partial charge in [-0.2, -0.15) is 0 Å². The fraction of sp³-hybridized carbons (Fsp3) is 0.350. The number of hydrogen-bond donors (Lipinski definition) is 1. The molecule has 0 aliphatic carbocycles. The number of benzene rings is 2. The highest BCUT2D eigenvalue weighted by atomic mass is 35.5. The first-order chi connectivity index (χ1) is 12.2. The molecular weight excluding hydrogens is 371 g/mol. The summed E-state index contributed by atoms with van der Waals surface area (Å²) in [6, 6.07) is 13.6. The van der Waals surface area contributed by atoms with Crippen LogP contribution in [0.4, 0.5) is 5.69 Å². The zero-order valence-electron chi connectivity index (χ0n) is 14.4. The van der Waals surface area contributed by atoms with Crippen LogP contribution >= 0.6 is 24.0 Å². The number of hydrogen-bond acceptors (Lipinski definition) is 3. The molecule has 0 saturated carbocycles. The van der Waals surface area contributed by atoms with Crippen LogP contribution in [0.25, 0.3) is 0 Å². The summed E-state index contributed by atoms with van der Waals surface area (Å²) in [6.07, 6.45) is 1.91. The summed E-state index contributed by atoms with van der Waals surface area (Å²) >= 11 is 5.97. The van der Waals surface area contributed by atoms with Gasteiger partial charge < -0.3 is 15.0 Å². The van der Waals surface area contributed by atoms with E-state index in [9.17, 15) is 4.79 Å². The number of anilines is 1. The van der Waals surface area contributed by atoms with Crippen LogP contribution in [0.5, 0.6) is 0 Å². The molecule has 138 valence electrons. The van der Waals surface area contributed by atoms with Crippen molar-refractivity contribution in [3.05, 3.63) is 64.2 Å². The van der Waals surface area contributed by atoms with Crippen molar-refractivity contribution < 1.29 is 9.53 Å². The molecule has 4 rings (SSSR count). The van der Waals surface area contributed by atoms with Crippen molar-refractivity contribution in [3.63, 3.8) is 0 Å². The Morgan fingerprint density at radius 1 is 1.19 bits per heavy atom. The van der Waals surface area contributed by atoms with Crippen molar-refractivity contribution in [1.82, 2.24) is 4.90 Å². The first-order valence-corrected chi connectivity index (χ1v) is 9.12. The van der Waals surface area contributed by atoms with E-state index in [4.69, 9.17) is 16.3 Å². The molecule has 1 unspecified atom stereocenters. The van der Waals surface area contributed by atoms with Crippen LogP contribution in [0.1, 0.15) is 34.0 Å². The minimum absolute atomic E-state index is 0. The smallest absolute Gasteiger partial charge is 0.254 e. The zero-order valence-corrected chi connectivity index (χ0v) is 16.0. The quantitative estimate of drug-likeness (QED) is 0.826. The second-order valence-corrected chi connectivity index (χ2v) is 6.96. The third-order valence-corrected chi connectivity index (χ3v) is 5.17. The van der Waals surface area contributed by atoms with Gasteiger partial charge in [-0.05, 0) is 48.2 Å². The summed E-state index contributed by atoms with van der Waals surface area (Å²) in [6.45, 7) is 2.71. The number of nitrogens with zero attached hydrogens (tertiary/aromatic N) is 1. The molecule has 6 heteroatoms. The maximum Gasteiger partial charge on any atom is 0.254 e. The molecule has 0 aromatic heterocycles. The average molecular weight is 393 g/mol. The van der Waals surface area contributed by atoms with E-state index in [1.54, 1.807) is 0 Å². The first kappa shape index (κ1) is 19.0. The zero-order chi connectivity index (χ0) is 17.2. The van der Waals surface area contributed by atoms with E-state index in [2.05, 4.69) is 11.4 Å². The lowest BCUT2D eigenvalue weighted by Crippen LogP contribution is -2.42. The lowest BCUT2D eigenvalue weighted by molar-refractivity contribution is -0.0228. The topological polar surface area (TPSA) is 41.6 Å². The number of ether oxygens (including phenoxy) is 1. The molecule has 0 bridgehead atoms. The average Bonchev–Trinajstić information content (AvgIpc) is 2.68. The van der Waals surface area contributed by atoms with Gasteiger partial charge in [0.2, 0.25) is 0 Å². The van der Waals surface area contributed by atoms with Crippen LogP contribution in [0, 0.1) is 0 Å². The Kier molecular flexibility index (Phi) is 6.07. The number of carbonyl (C=O) groups is 1. The molecule has 2 aromatic carbocycles. The fourth-order valence-corrected chi connectivity index (χ4v) is 3.72. The lowest BCUT2D eigenvalue weighted by atomic mass is 9.96. The van der Waals surface area contributed by atoms with Gasteiger partial charge in [0.25, 0.3) is 5.91 Å². The van der Waals surface area contributed by atoms with Crippen LogP contribution in [0.2, 0.25) is 5.02 Å². The fourth-order valence-electron chi connectivity index (χ4n) is 3.59. The van der Waals surface area contributed by atoms with E-state index in [-0.39, 0.29) is 24.4 Å². The lowest BCUT2D eigenvalue weighted by Gasteiger charge is -2.34. The molecule has 26 heavy (non-hydrogen) atoms. The van der Waals surface area contributed by atoms with Crippen molar-refractivity contribution in [1.29, 1.82) is 0 Å². The van der Waals surface area contributed by atoms with Gasteiger partial charge in [0, 0.05) is 29.4 Å². The summed E-state index contributed by atoms with van der Waals surface area (Å²) in [5.74, 6) is 0.0998. The van der Waals surface area contributed by atoms with Gasteiger partial charge in [0.15, 0.2) is 0 Å². The van der Waals surface area contributed by atoms with Gasteiger partial charge in [-0.25, -0.2) is 0 Å². The number of fused-ring (bicyclic) bond motifs is 1. The molecule has 2 heterocycles. The Hall–Kier alpha value is -1.75. The Morgan fingerprint density at radius 3 is 2.81 bits per heavy atom. The van der Waals surface area contributed by atoms with Crippen molar-refractivity contribution in [2.75, 3.05) is 31.6 Å². The molecule has 2 aromatic rings. The highest BCUT2D eigenvalue weighted by Gasteiger charge is 2.28. The van der Waals surface area contributed by atoms with Crippen LogP contribution in [0.3, 0.4) is 0 Å².